The van der Waals surface area contributed by atoms with Gasteiger partial charge < -0.3 is 20.4 Å². The number of anilines is 3. The number of nitrogens with one attached hydrogen (secondary N) is 2. The Balaban J connectivity index is 1.36. The summed E-state index contributed by atoms with van der Waals surface area (Å²) in [5, 5.41) is 5.93. The first kappa shape index (κ1) is 22.8. The Kier molecular flexibility index (Phi) is 6.96. The van der Waals surface area contributed by atoms with Crippen LogP contribution in [-0.2, 0) is 16.0 Å². The molecule has 0 saturated carbocycles. The van der Waals surface area contributed by atoms with Crippen molar-refractivity contribution in [3.8, 4) is 0 Å². The van der Waals surface area contributed by atoms with E-state index in [2.05, 4.69) is 15.5 Å². The minimum atomic E-state index is -0.0548. The molecule has 0 bridgehead atoms. The molecule has 2 aromatic rings. The highest BCUT2D eigenvalue weighted by molar-refractivity contribution is 5.98. The van der Waals surface area contributed by atoms with Gasteiger partial charge in [0, 0.05) is 61.1 Å². The van der Waals surface area contributed by atoms with Crippen molar-refractivity contribution in [2.45, 2.75) is 52.0 Å². The molecule has 174 valence electrons. The molecule has 0 aliphatic carbocycles. The van der Waals surface area contributed by atoms with Crippen molar-refractivity contribution >= 4 is 34.8 Å². The second kappa shape index (κ2) is 10.1. The van der Waals surface area contributed by atoms with Crippen LogP contribution in [0.15, 0.2) is 42.5 Å². The molecule has 2 N–H and O–H groups in total. The molecule has 0 radical (unpaired) electrons. The standard InChI is InChI=1S/C26H32N4O3/c1-18(2)27-26(33)22-6-3-8-23-21(22)7-4-15-29(23)17-14-24(31)28-19-10-12-20(13-11-19)30-16-5-9-25(30)32/h3,6,8,10-13,18H,4-5,7,9,14-17H2,1-2H3,(H,27,33)(H,28,31). The maximum atomic E-state index is 12.6. The van der Waals surface area contributed by atoms with Crippen molar-refractivity contribution in [3.05, 3.63) is 53.6 Å². The minimum absolute atomic E-state index is 0.0412. The van der Waals surface area contributed by atoms with Crippen molar-refractivity contribution < 1.29 is 14.4 Å². The molecule has 2 aliphatic rings. The number of fused-ring (bicyclic) bond motifs is 1. The van der Waals surface area contributed by atoms with E-state index in [0.29, 0.717) is 19.4 Å². The van der Waals surface area contributed by atoms with Gasteiger partial charge in [-0.2, -0.15) is 0 Å². The maximum Gasteiger partial charge on any atom is 0.251 e. The summed E-state index contributed by atoms with van der Waals surface area (Å²) >= 11 is 0. The Morgan fingerprint density at radius 3 is 2.45 bits per heavy atom. The van der Waals surface area contributed by atoms with Crippen LogP contribution < -0.4 is 20.4 Å². The first-order valence-corrected chi connectivity index (χ1v) is 11.8. The monoisotopic (exact) mass is 448 g/mol. The van der Waals surface area contributed by atoms with E-state index in [1.807, 2.05) is 56.3 Å². The molecule has 2 aromatic carbocycles. The molecule has 0 spiro atoms. The number of hydrogen-bond donors (Lipinski definition) is 2. The van der Waals surface area contributed by atoms with Crippen molar-refractivity contribution in [3.63, 3.8) is 0 Å². The van der Waals surface area contributed by atoms with Crippen LogP contribution in [0.25, 0.3) is 0 Å². The van der Waals surface area contributed by atoms with Crippen molar-refractivity contribution in [1.29, 1.82) is 0 Å². The molecule has 1 fully saturated rings. The Hall–Kier alpha value is -3.35. The van der Waals surface area contributed by atoms with E-state index in [1.165, 1.54) is 0 Å². The van der Waals surface area contributed by atoms with Crippen LogP contribution in [0, 0.1) is 0 Å². The van der Waals surface area contributed by atoms with Crippen LogP contribution in [0.1, 0.15) is 55.5 Å². The molecule has 2 aliphatic heterocycles. The molecular formula is C26H32N4O3. The Morgan fingerprint density at radius 1 is 1.00 bits per heavy atom. The minimum Gasteiger partial charge on any atom is -0.371 e. The summed E-state index contributed by atoms with van der Waals surface area (Å²) in [7, 11) is 0. The van der Waals surface area contributed by atoms with Gasteiger partial charge >= 0.3 is 0 Å². The van der Waals surface area contributed by atoms with Gasteiger partial charge in [-0.1, -0.05) is 6.07 Å². The lowest BCUT2D eigenvalue weighted by atomic mass is 9.95. The zero-order valence-corrected chi connectivity index (χ0v) is 19.4. The third kappa shape index (κ3) is 5.35. The van der Waals surface area contributed by atoms with E-state index in [-0.39, 0.29) is 23.8 Å². The van der Waals surface area contributed by atoms with Gasteiger partial charge in [-0.3, -0.25) is 14.4 Å². The normalized spacial score (nSPS) is 15.5. The highest BCUT2D eigenvalue weighted by Crippen LogP contribution is 2.30. The lowest BCUT2D eigenvalue weighted by Gasteiger charge is -2.32. The van der Waals surface area contributed by atoms with Crippen molar-refractivity contribution in [2.75, 3.05) is 34.8 Å². The Bertz CT molecular complexity index is 1030. The maximum absolute atomic E-state index is 12.6. The second-order valence-electron chi connectivity index (χ2n) is 9.02. The molecule has 7 heteroatoms. The van der Waals surface area contributed by atoms with Gasteiger partial charge in [-0.05, 0) is 75.1 Å². The number of nitrogens with zero attached hydrogens (tertiary/aromatic N) is 2. The van der Waals surface area contributed by atoms with Crippen LogP contribution in [0.2, 0.25) is 0 Å². The molecule has 4 rings (SSSR count). The Labute approximate surface area is 195 Å². The van der Waals surface area contributed by atoms with Gasteiger partial charge in [-0.25, -0.2) is 0 Å². The zero-order valence-electron chi connectivity index (χ0n) is 19.4. The molecule has 0 unspecified atom stereocenters. The molecule has 3 amide bonds. The lowest BCUT2D eigenvalue weighted by molar-refractivity contribution is -0.117. The third-order valence-electron chi connectivity index (χ3n) is 6.16. The predicted octanol–water partition coefficient (Wildman–Crippen LogP) is 3.73. The molecule has 2 heterocycles. The summed E-state index contributed by atoms with van der Waals surface area (Å²) in [5.41, 5.74) is 4.44. The molecule has 0 aromatic heterocycles. The zero-order chi connectivity index (χ0) is 23.4. The molecular weight excluding hydrogens is 416 g/mol. The van der Waals surface area contributed by atoms with Crippen molar-refractivity contribution in [2.24, 2.45) is 0 Å². The highest BCUT2D eigenvalue weighted by Gasteiger charge is 2.23. The third-order valence-corrected chi connectivity index (χ3v) is 6.16. The van der Waals surface area contributed by atoms with E-state index >= 15 is 0 Å². The fourth-order valence-corrected chi connectivity index (χ4v) is 4.59. The summed E-state index contributed by atoms with van der Waals surface area (Å²) < 4.78 is 0. The van der Waals surface area contributed by atoms with Gasteiger partial charge in [0.05, 0.1) is 0 Å². The average molecular weight is 449 g/mol. The topological polar surface area (TPSA) is 81.8 Å². The smallest absolute Gasteiger partial charge is 0.251 e. The van der Waals surface area contributed by atoms with Crippen LogP contribution in [0.5, 0.6) is 0 Å². The summed E-state index contributed by atoms with van der Waals surface area (Å²) in [6.07, 6.45) is 3.67. The van der Waals surface area contributed by atoms with Gasteiger partial charge in [0.2, 0.25) is 11.8 Å². The molecule has 7 nitrogen and oxygen atoms in total. The largest absolute Gasteiger partial charge is 0.371 e. The summed E-state index contributed by atoms with van der Waals surface area (Å²) in [5.74, 6) is 0.0554. The number of carbonyl (C=O) groups is 3. The van der Waals surface area contributed by atoms with E-state index < -0.39 is 0 Å². The predicted molar refractivity (Wildman–Crippen MR) is 131 cm³/mol. The number of carbonyl (C=O) groups excluding carboxylic acids is 3. The average Bonchev–Trinajstić information content (AvgIpc) is 3.23. The first-order valence-electron chi connectivity index (χ1n) is 11.8. The lowest BCUT2D eigenvalue weighted by Crippen LogP contribution is -2.35. The van der Waals surface area contributed by atoms with Crippen LogP contribution in [-0.4, -0.2) is 43.4 Å². The quantitative estimate of drug-likeness (QED) is 0.676. The van der Waals surface area contributed by atoms with Gasteiger partial charge in [-0.15, -0.1) is 0 Å². The van der Waals surface area contributed by atoms with E-state index in [1.54, 1.807) is 4.90 Å². The van der Waals surface area contributed by atoms with E-state index in [4.69, 9.17) is 0 Å². The highest BCUT2D eigenvalue weighted by atomic mass is 16.2. The molecule has 0 atom stereocenters. The summed E-state index contributed by atoms with van der Waals surface area (Å²) in [6, 6.07) is 13.4. The SMILES string of the molecule is CC(C)NC(=O)c1cccc2c1CCCN2CCC(=O)Nc1ccc(N2CCCC2=O)cc1. The fourth-order valence-electron chi connectivity index (χ4n) is 4.59. The van der Waals surface area contributed by atoms with Gasteiger partial charge in [0.15, 0.2) is 0 Å². The van der Waals surface area contributed by atoms with Gasteiger partial charge in [0.25, 0.3) is 5.91 Å². The number of benzene rings is 2. The van der Waals surface area contributed by atoms with Crippen molar-refractivity contribution in [1.82, 2.24) is 5.32 Å². The van der Waals surface area contributed by atoms with Crippen LogP contribution in [0.3, 0.4) is 0 Å². The number of hydrogen-bond acceptors (Lipinski definition) is 4. The first-order chi connectivity index (χ1) is 15.9. The number of rotatable bonds is 7. The Morgan fingerprint density at radius 2 is 1.76 bits per heavy atom. The van der Waals surface area contributed by atoms with Crippen LogP contribution in [0.4, 0.5) is 17.1 Å². The molecule has 33 heavy (non-hydrogen) atoms. The molecule has 1 saturated heterocycles. The van der Waals surface area contributed by atoms with Crippen LogP contribution >= 0.6 is 0 Å². The number of amides is 3. The fraction of sp³-hybridized carbons (Fsp3) is 0.423. The summed E-state index contributed by atoms with van der Waals surface area (Å²) in [6.45, 7) is 6.13. The van der Waals surface area contributed by atoms with E-state index in [9.17, 15) is 14.4 Å². The van der Waals surface area contributed by atoms with Gasteiger partial charge in [0.1, 0.15) is 0 Å². The van der Waals surface area contributed by atoms with E-state index in [0.717, 1.165) is 60.5 Å². The second-order valence-corrected chi connectivity index (χ2v) is 9.02. The summed E-state index contributed by atoms with van der Waals surface area (Å²) in [4.78, 5) is 41.1.